The van der Waals surface area contributed by atoms with Gasteiger partial charge in [-0.05, 0) is 49.5 Å². The Hall–Kier alpha value is -2.32. The second-order valence-electron chi connectivity index (χ2n) is 8.20. The quantitative estimate of drug-likeness (QED) is 0.653. The van der Waals surface area contributed by atoms with E-state index in [2.05, 4.69) is 41.6 Å². The normalized spacial score (nSPS) is 23.3. The first-order valence-corrected chi connectivity index (χ1v) is 10.8. The standard InChI is InChI=1S/C21H25ClN4O3S/c1-12-7-14(11-21(2,3)10-12)25-26-20-24-19(28)17(30-20)9-18(27)23-15-8-13(22)5-6-16(15)29-4/h5-8,17H,9-11H2,1-4H3,(H,23,27)(H,24,26,28)/b25-14-/t17-/m1/s1. The summed E-state index contributed by atoms with van der Waals surface area (Å²) in [6, 6.07) is 4.94. The van der Waals surface area contributed by atoms with Crippen molar-refractivity contribution in [3.05, 3.63) is 34.9 Å². The Kier molecular flexibility index (Phi) is 6.88. The lowest BCUT2D eigenvalue weighted by atomic mass is 9.77. The topological polar surface area (TPSA) is 92.2 Å². The van der Waals surface area contributed by atoms with E-state index in [4.69, 9.17) is 16.3 Å². The lowest BCUT2D eigenvalue weighted by Gasteiger charge is -2.28. The fourth-order valence-corrected chi connectivity index (χ4v) is 4.69. The van der Waals surface area contributed by atoms with Gasteiger partial charge in [0.1, 0.15) is 11.0 Å². The van der Waals surface area contributed by atoms with E-state index in [1.807, 2.05) is 6.08 Å². The van der Waals surface area contributed by atoms with Gasteiger partial charge in [-0.2, -0.15) is 5.10 Å². The number of anilines is 1. The van der Waals surface area contributed by atoms with E-state index in [-0.39, 0.29) is 23.7 Å². The van der Waals surface area contributed by atoms with E-state index < -0.39 is 5.25 Å². The third kappa shape index (κ3) is 5.86. The zero-order valence-electron chi connectivity index (χ0n) is 17.4. The van der Waals surface area contributed by atoms with Gasteiger partial charge in [-0.25, -0.2) is 0 Å². The molecule has 0 bridgehead atoms. The molecule has 3 rings (SSSR count). The van der Waals surface area contributed by atoms with E-state index in [1.54, 1.807) is 18.2 Å². The van der Waals surface area contributed by atoms with Gasteiger partial charge in [-0.1, -0.05) is 42.8 Å². The minimum absolute atomic E-state index is 0.00615. The van der Waals surface area contributed by atoms with Crippen molar-refractivity contribution in [1.29, 1.82) is 0 Å². The maximum Gasteiger partial charge on any atom is 0.240 e. The number of carbonyl (C=O) groups is 2. The van der Waals surface area contributed by atoms with Crippen molar-refractivity contribution in [2.75, 3.05) is 12.4 Å². The largest absolute Gasteiger partial charge is 0.495 e. The van der Waals surface area contributed by atoms with Crippen LogP contribution in [-0.4, -0.2) is 35.1 Å². The Bertz CT molecular complexity index is 956. The second kappa shape index (κ2) is 9.22. The highest BCUT2D eigenvalue weighted by atomic mass is 35.5. The van der Waals surface area contributed by atoms with Gasteiger partial charge in [-0.3, -0.25) is 9.59 Å². The van der Waals surface area contributed by atoms with Gasteiger partial charge in [0, 0.05) is 11.4 Å². The number of thioether (sulfide) groups is 1. The zero-order valence-corrected chi connectivity index (χ0v) is 19.0. The summed E-state index contributed by atoms with van der Waals surface area (Å²) in [5, 5.41) is 14.3. The summed E-state index contributed by atoms with van der Waals surface area (Å²) < 4.78 is 5.22. The Balaban J connectivity index is 1.63. The molecule has 1 fully saturated rings. The molecule has 0 spiro atoms. The molecule has 1 saturated heterocycles. The van der Waals surface area contributed by atoms with Crippen LogP contribution in [0.1, 0.15) is 40.0 Å². The molecule has 2 N–H and O–H groups in total. The van der Waals surface area contributed by atoms with Crippen LogP contribution in [0.2, 0.25) is 5.02 Å². The predicted octanol–water partition coefficient (Wildman–Crippen LogP) is 4.39. The van der Waals surface area contributed by atoms with Crippen LogP contribution in [0.3, 0.4) is 0 Å². The van der Waals surface area contributed by atoms with Crippen LogP contribution in [-0.2, 0) is 9.59 Å². The molecule has 2 aliphatic rings. The number of amidine groups is 1. The van der Waals surface area contributed by atoms with E-state index in [9.17, 15) is 9.59 Å². The number of methoxy groups -OCH3 is 1. The SMILES string of the molecule is COc1ccc(Cl)cc1NC(=O)C[C@H]1S/C(=N/N=C2/C=C(C)CC(C)(C)C2)NC1=O. The van der Waals surface area contributed by atoms with Gasteiger partial charge >= 0.3 is 0 Å². The average Bonchev–Trinajstić information content (AvgIpc) is 2.98. The molecule has 9 heteroatoms. The Morgan fingerprint density at radius 1 is 1.37 bits per heavy atom. The molecule has 7 nitrogen and oxygen atoms in total. The molecule has 1 aromatic rings. The summed E-state index contributed by atoms with van der Waals surface area (Å²) in [5.74, 6) is -0.0840. The number of nitrogens with one attached hydrogen (secondary N) is 2. The molecule has 0 unspecified atom stereocenters. The van der Waals surface area contributed by atoms with Crippen LogP contribution in [0, 0.1) is 5.41 Å². The van der Waals surface area contributed by atoms with Crippen molar-refractivity contribution < 1.29 is 14.3 Å². The van der Waals surface area contributed by atoms with Gasteiger partial charge in [0.25, 0.3) is 0 Å². The van der Waals surface area contributed by atoms with Crippen LogP contribution >= 0.6 is 23.4 Å². The van der Waals surface area contributed by atoms with Crippen molar-refractivity contribution in [2.45, 2.75) is 45.3 Å². The van der Waals surface area contributed by atoms with Crippen LogP contribution in [0.5, 0.6) is 5.75 Å². The number of halogens is 1. The summed E-state index contributed by atoms with van der Waals surface area (Å²) in [6.07, 6.45) is 3.89. The van der Waals surface area contributed by atoms with Crippen LogP contribution < -0.4 is 15.4 Å². The minimum Gasteiger partial charge on any atom is -0.495 e. The fraction of sp³-hybridized carbons (Fsp3) is 0.429. The lowest BCUT2D eigenvalue weighted by Crippen LogP contribution is -2.28. The van der Waals surface area contributed by atoms with Crippen molar-refractivity contribution in [1.82, 2.24) is 5.32 Å². The zero-order chi connectivity index (χ0) is 21.9. The lowest BCUT2D eigenvalue weighted by molar-refractivity contribution is -0.122. The summed E-state index contributed by atoms with van der Waals surface area (Å²) >= 11 is 7.19. The number of nitrogens with zero attached hydrogens (tertiary/aromatic N) is 2. The summed E-state index contributed by atoms with van der Waals surface area (Å²) in [5.41, 5.74) is 2.76. The molecule has 0 aromatic heterocycles. The van der Waals surface area contributed by atoms with E-state index in [0.29, 0.717) is 21.6 Å². The van der Waals surface area contributed by atoms with Crippen LogP contribution in [0.4, 0.5) is 5.69 Å². The van der Waals surface area contributed by atoms with Crippen LogP contribution in [0.15, 0.2) is 40.1 Å². The Labute approximate surface area is 185 Å². The number of hydrogen-bond donors (Lipinski definition) is 2. The molecule has 1 aliphatic carbocycles. The van der Waals surface area contributed by atoms with Crippen molar-refractivity contribution in [3.8, 4) is 5.75 Å². The molecule has 0 radical (unpaired) electrons. The number of ether oxygens (including phenoxy) is 1. The Morgan fingerprint density at radius 2 is 2.13 bits per heavy atom. The molecular weight excluding hydrogens is 424 g/mol. The third-order valence-electron chi connectivity index (χ3n) is 4.68. The highest BCUT2D eigenvalue weighted by Crippen LogP contribution is 2.34. The van der Waals surface area contributed by atoms with Gasteiger partial charge in [0.2, 0.25) is 11.8 Å². The van der Waals surface area contributed by atoms with Gasteiger partial charge in [-0.15, -0.1) is 5.10 Å². The molecule has 1 aliphatic heterocycles. The molecule has 1 aromatic carbocycles. The number of amides is 2. The number of allylic oxidation sites excluding steroid dienone is 2. The van der Waals surface area contributed by atoms with E-state index in [1.165, 1.54) is 24.4 Å². The Morgan fingerprint density at radius 3 is 2.83 bits per heavy atom. The first-order chi connectivity index (χ1) is 14.1. The fourth-order valence-electron chi connectivity index (χ4n) is 3.60. The number of rotatable bonds is 5. The van der Waals surface area contributed by atoms with E-state index in [0.717, 1.165) is 18.6 Å². The van der Waals surface area contributed by atoms with Crippen molar-refractivity contribution >= 4 is 51.7 Å². The molecule has 160 valence electrons. The van der Waals surface area contributed by atoms with Crippen LogP contribution in [0.25, 0.3) is 0 Å². The number of hydrogen-bond acceptors (Lipinski definition) is 6. The number of benzene rings is 1. The average molecular weight is 449 g/mol. The molecule has 1 atom stereocenters. The van der Waals surface area contributed by atoms with Crippen molar-refractivity contribution in [3.63, 3.8) is 0 Å². The maximum absolute atomic E-state index is 12.4. The highest BCUT2D eigenvalue weighted by molar-refractivity contribution is 8.15. The van der Waals surface area contributed by atoms with Gasteiger partial charge in [0.15, 0.2) is 5.17 Å². The molecular formula is C21H25ClN4O3S. The maximum atomic E-state index is 12.4. The molecule has 30 heavy (non-hydrogen) atoms. The summed E-state index contributed by atoms with van der Waals surface area (Å²) in [4.78, 5) is 24.7. The number of carbonyl (C=O) groups excluding carboxylic acids is 2. The monoisotopic (exact) mass is 448 g/mol. The first-order valence-electron chi connectivity index (χ1n) is 9.58. The highest BCUT2D eigenvalue weighted by Gasteiger charge is 2.32. The predicted molar refractivity (Wildman–Crippen MR) is 122 cm³/mol. The first kappa shape index (κ1) is 22.4. The molecule has 1 heterocycles. The minimum atomic E-state index is -0.575. The van der Waals surface area contributed by atoms with Crippen molar-refractivity contribution in [2.24, 2.45) is 15.6 Å². The van der Waals surface area contributed by atoms with Gasteiger partial charge in [0.05, 0.1) is 18.5 Å². The molecule has 0 saturated carbocycles. The summed E-state index contributed by atoms with van der Waals surface area (Å²) in [7, 11) is 1.51. The van der Waals surface area contributed by atoms with Gasteiger partial charge < -0.3 is 15.4 Å². The molecule has 2 amide bonds. The second-order valence-corrected chi connectivity index (χ2v) is 9.83. The third-order valence-corrected chi connectivity index (χ3v) is 5.99. The van der Waals surface area contributed by atoms with E-state index >= 15 is 0 Å². The summed E-state index contributed by atoms with van der Waals surface area (Å²) in [6.45, 7) is 6.48. The smallest absolute Gasteiger partial charge is 0.240 e.